The van der Waals surface area contributed by atoms with E-state index in [1.54, 1.807) is 16.7 Å². The first-order valence-electron chi connectivity index (χ1n) is 6.88. The number of thioether (sulfide) groups is 1. The summed E-state index contributed by atoms with van der Waals surface area (Å²) in [6.07, 6.45) is 2.47. The van der Waals surface area contributed by atoms with Gasteiger partial charge in [-0.25, -0.2) is 4.79 Å². The normalized spacial score (nSPS) is 10.5. The Labute approximate surface area is 129 Å². The lowest BCUT2D eigenvalue weighted by molar-refractivity contribution is -0.137. The van der Waals surface area contributed by atoms with E-state index >= 15 is 0 Å². The zero-order valence-corrected chi connectivity index (χ0v) is 13.4. The van der Waals surface area contributed by atoms with Gasteiger partial charge >= 0.3 is 12.0 Å². The average molecular weight is 310 g/mol. The van der Waals surface area contributed by atoms with Crippen molar-refractivity contribution in [2.45, 2.75) is 37.6 Å². The summed E-state index contributed by atoms with van der Waals surface area (Å²) < 4.78 is 0. The Hall–Kier alpha value is -1.69. The van der Waals surface area contributed by atoms with Crippen LogP contribution in [0.4, 0.5) is 10.5 Å². The number of nitrogens with zero attached hydrogens (tertiary/aromatic N) is 1. The number of carbonyl (C=O) groups excluding carboxylic acids is 1. The number of carbonyl (C=O) groups is 2. The third-order valence-electron chi connectivity index (χ3n) is 3.02. The molecule has 1 aromatic carbocycles. The summed E-state index contributed by atoms with van der Waals surface area (Å²) in [4.78, 5) is 25.6. The number of para-hydroxylation sites is 1. The maximum absolute atomic E-state index is 12.4. The molecule has 0 saturated carbocycles. The molecule has 0 bridgehead atoms. The molecule has 0 unspecified atom stereocenters. The Balaban J connectivity index is 2.70. The molecule has 1 aromatic rings. The predicted molar refractivity (Wildman–Crippen MR) is 86.0 cm³/mol. The van der Waals surface area contributed by atoms with Crippen LogP contribution in [0.15, 0.2) is 29.2 Å². The molecule has 116 valence electrons. The lowest BCUT2D eigenvalue weighted by atomic mass is 10.2. The SMILES string of the molecule is CSc1ccccc1NC(=O)N(CCCC(=O)O)C(C)C. The lowest BCUT2D eigenvalue weighted by Gasteiger charge is -2.27. The van der Waals surface area contributed by atoms with Gasteiger partial charge in [0, 0.05) is 23.9 Å². The number of carboxylic acids is 1. The highest BCUT2D eigenvalue weighted by Crippen LogP contribution is 2.25. The van der Waals surface area contributed by atoms with E-state index in [1.165, 1.54) is 0 Å². The molecule has 0 atom stereocenters. The first kappa shape index (κ1) is 17.4. The van der Waals surface area contributed by atoms with Gasteiger partial charge in [0.05, 0.1) is 5.69 Å². The van der Waals surface area contributed by atoms with E-state index in [1.807, 2.05) is 44.4 Å². The van der Waals surface area contributed by atoms with Gasteiger partial charge in [0.2, 0.25) is 0 Å². The van der Waals surface area contributed by atoms with Crippen molar-refractivity contribution in [3.63, 3.8) is 0 Å². The largest absolute Gasteiger partial charge is 0.481 e. The van der Waals surface area contributed by atoms with E-state index in [4.69, 9.17) is 5.11 Å². The second-order valence-corrected chi connectivity index (χ2v) is 5.76. The van der Waals surface area contributed by atoms with Crippen LogP contribution in [-0.2, 0) is 4.79 Å². The molecule has 0 spiro atoms. The standard InChI is InChI=1S/C15H22N2O3S/c1-11(2)17(10-6-9-14(18)19)15(20)16-12-7-4-5-8-13(12)21-3/h4-5,7-8,11H,6,9-10H2,1-3H3,(H,16,20)(H,18,19). The fourth-order valence-corrected chi connectivity index (χ4v) is 2.48. The van der Waals surface area contributed by atoms with Gasteiger partial charge in [0.15, 0.2) is 0 Å². The van der Waals surface area contributed by atoms with Crippen molar-refractivity contribution in [1.29, 1.82) is 0 Å². The smallest absolute Gasteiger partial charge is 0.322 e. The van der Waals surface area contributed by atoms with E-state index in [9.17, 15) is 9.59 Å². The monoisotopic (exact) mass is 310 g/mol. The number of hydrogen-bond donors (Lipinski definition) is 2. The molecule has 0 aliphatic rings. The van der Waals surface area contributed by atoms with E-state index in [2.05, 4.69) is 5.32 Å². The quantitative estimate of drug-likeness (QED) is 0.756. The number of anilines is 1. The maximum Gasteiger partial charge on any atom is 0.322 e. The molecule has 0 aromatic heterocycles. The van der Waals surface area contributed by atoms with Crippen molar-refractivity contribution >= 4 is 29.4 Å². The Morgan fingerprint density at radius 2 is 2.00 bits per heavy atom. The van der Waals surface area contributed by atoms with E-state index in [0.717, 1.165) is 10.6 Å². The molecular weight excluding hydrogens is 288 g/mol. The van der Waals surface area contributed by atoms with Gasteiger partial charge in [-0.05, 0) is 38.7 Å². The Bertz CT molecular complexity index is 492. The molecule has 5 nitrogen and oxygen atoms in total. The van der Waals surface area contributed by atoms with Crippen LogP contribution in [0.3, 0.4) is 0 Å². The minimum atomic E-state index is -0.841. The molecular formula is C15H22N2O3S. The van der Waals surface area contributed by atoms with Crippen molar-refractivity contribution in [3.8, 4) is 0 Å². The van der Waals surface area contributed by atoms with Crippen LogP contribution in [0.2, 0.25) is 0 Å². The van der Waals surface area contributed by atoms with Gasteiger partial charge in [0.25, 0.3) is 0 Å². The molecule has 2 N–H and O–H groups in total. The molecule has 0 fully saturated rings. The third kappa shape index (κ3) is 5.67. The first-order chi connectivity index (χ1) is 9.95. The zero-order valence-electron chi connectivity index (χ0n) is 12.6. The van der Waals surface area contributed by atoms with Crippen molar-refractivity contribution in [2.24, 2.45) is 0 Å². The van der Waals surface area contributed by atoms with Crippen LogP contribution in [0, 0.1) is 0 Å². The van der Waals surface area contributed by atoms with Crippen LogP contribution < -0.4 is 5.32 Å². The summed E-state index contributed by atoms with van der Waals surface area (Å²) in [7, 11) is 0. The summed E-state index contributed by atoms with van der Waals surface area (Å²) in [5.41, 5.74) is 0.777. The predicted octanol–water partition coefficient (Wildman–Crippen LogP) is 3.52. The Morgan fingerprint density at radius 3 is 2.57 bits per heavy atom. The number of amides is 2. The van der Waals surface area contributed by atoms with Crippen LogP contribution in [-0.4, -0.2) is 40.8 Å². The number of hydrogen-bond acceptors (Lipinski definition) is 3. The van der Waals surface area contributed by atoms with Gasteiger partial charge in [0.1, 0.15) is 0 Å². The van der Waals surface area contributed by atoms with Crippen LogP contribution in [0.1, 0.15) is 26.7 Å². The molecule has 21 heavy (non-hydrogen) atoms. The molecule has 6 heteroatoms. The average Bonchev–Trinajstić information content (AvgIpc) is 2.43. The third-order valence-corrected chi connectivity index (χ3v) is 3.82. The van der Waals surface area contributed by atoms with Gasteiger partial charge in [-0.1, -0.05) is 12.1 Å². The first-order valence-corrected chi connectivity index (χ1v) is 8.10. The summed E-state index contributed by atoms with van der Waals surface area (Å²) in [5.74, 6) is -0.841. The summed E-state index contributed by atoms with van der Waals surface area (Å²) in [6.45, 7) is 4.26. The topological polar surface area (TPSA) is 69.6 Å². The highest BCUT2D eigenvalue weighted by atomic mass is 32.2. The van der Waals surface area contributed by atoms with Gasteiger partial charge < -0.3 is 15.3 Å². The Morgan fingerprint density at radius 1 is 1.33 bits per heavy atom. The van der Waals surface area contributed by atoms with E-state index < -0.39 is 5.97 Å². The summed E-state index contributed by atoms with van der Waals surface area (Å²) in [5, 5.41) is 11.6. The van der Waals surface area contributed by atoms with Crippen molar-refractivity contribution in [2.75, 3.05) is 18.1 Å². The molecule has 0 aliphatic heterocycles. The van der Waals surface area contributed by atoms with Gasteiger partial charge in [-0.2, -0.15) is 0 Å². The minimum Gasteiger partial charge on any atom is -0.481 e. The van der Waals surface area contributed by atoms with Gasteiger partial charge in [-0.15, -0.1) is 11.8 Å². The Kier molecular flexibility index (Phi) is 7.08. The minimum absolute atomic E-state index is 0.0141. The highest BCUT2D eigenvalue weighted by molar-refractivity contribution is 7.98. The van der Waals surface area contributed by atoms with Crippen LogP contribution in [0.25, 0.3) is 0 Å². The molecule has 0 aliphatic carbocycles. The number of rotatable bonds is 7. The molecule has 2 amide bonds. The lowest BCUT2D eigenvalue weighted by Crippen LogP contribution is -2.40. The van der Waals surface area contributed by atoms with E-state index in [-0.39, 0.29) is 18.5 Å². The maximum atomic E-state index is 12.4. The fraction of sp³-hybridized carbons (Fsp3) is 0.467. The van der Waals surface area contributed by atoms with E-state index in [0.29, 0.717) is 13.0 Å². The summed E-state index contributed by atoms with van der Waals surface area (Å²) >= 11 is 1.57. The van der Waals surface area contributed by atoms with Crippen LogP contribution >= 0.6 is 11.8 Å². The molecule has 0 radical (unpaired) electrons. The second-order valence-electron chi connectivity index (χ2n) is 4.91. The van der Waals surface area contributed by atoms with Gasteiger partial charge in [-0.3, -0.25) is 4.79 Å². The summed E-state index contributed by atoms with van der Waals surface area (Å²) in [6, 6.07) is 7.43. The number of carboxylic acid groups (broad SMARTS) is 1. The highest BCUT2D eigenvalue weighted by Gasteiger charge is 2.18. The molecule has 0 heterocycles. The van der Waals surface area contributed by atoms with Crippen molar-refractivity contribution in [1.82, 2.24) is 4.90 Å². The fourth-order valence-electron chi connectivity index (χ4n) is 1.93. The van der Waals surface area contributed by atoms with Crippen molar-refractivity contribution in [3.05, 3.63) is 24.3 Å². The number of aliphatic carboxylic acids is 1. The zero-order chi connectivity index (χ0) is 15.8. The van der Waals surface area contributed by atoms with Crippen molar-refractivity contribution < 1.29 is 14.7 Å². The second kappa shape index (κ2) is 8.56. The molecule has 0 saturated heterocycles. The number of benzene rings is 1. The van der Waals surface area contributed by atoms with Crippen LogP contribution in [0.5, 0.6) is 0 Å². The number of urea groups is 1. The molecule has 1 rings (SSSR count). The number of nitrogens with one attached hydrogen (secondary N) is 1.